The first-order valence-corrected chi connectivity index (χ1v) is 7.74. The molecule has 1 heterocycles. The van der Waals surface area contributed by atoms with Crippen LogP contribution in [0.5, 0.6) is 0 Å². The number of rotatable bonds is 7. The van der Waals surface area contributed by atoms with Gasteiger partial charge in [-0.15, -0.1) is 0 Å². The number of amides is 2. The Morgan fingerprint density at radius 1 is 1.42 bits per heavy atom. The van der Waals surface area contributed by atoms with Crippen LogP contribution >= 0.6 is 0 Å². The number of aliphatic hydroxyl groups excluding tert-OH is 1. The minimum absolute atomic E-state index is 0.101. The molecule has 0 spiro atoms. The van der Waals surface area contributed by atoms with Crippen molar-refractivity contribution in [3.05, 3.63) is 24.0 Å². The number of anilines is 1. The monoisotopic (exact) mass is 340 g/mol. The highest BCUT2D eigenvalue weighted by Gasteiger charge is 2.16. The van der Waals surface area contributed by atoms with Crippen molar-refractivity contribution >= 4 is 22.8 Å². The first-order valence-electron chi connectivity index (χ1n) is 7.74. The van der Waals surface area contributed by atoms with Crippen LogP contribution < -0.4 is 10.6 Å². The van der Waals surface area contributed by atoms with Crippen LogP contribution in [-0.2, 0) is 0 Å². The number of carbonyl (C=O) groups excluding carboxylic acids is 1. The van der Waals surface area contributed by atoms with Gasteiger partial charge in [0.2, 0.25) is 0 Å². The summed E-state index contributed by atoms with van der Waals surface area (Å²) < 4.78 is 25.2. The van der Waals surface area contributed by atoms with Crippen molar-refractivity contribution in [2.24, 2.45) is 5.41 Å². The molecule has 0 saturated carbocycles. The minimum Gasteiger partial charge on any atom is -0.396 e. The van der Waals surface area contributed by atoms with Crippen LogP contribution in [0.1, 0.15) is 38.9 Å². The van der Waals surface area contributed by atoms with Crippen LogP contribution in [0.3, 0.4) is 0 Å². The maximum absolute atomic E-state index is 12.6. The fraction of sp³-hybridized carbons (Fsp3) is 0.500. The zero-order valence-corrected chi connectivity index (χ0v) is 13.7. The summed E-state index contributed by atoms with van der Waals surface area (Å²) in [7, 11) is 0. The molecule has 0 aliphatic rings. The van der Waals surface area contributed by atoms with E-state index < -0.39 is 12.2 Å². The van der Waals surface area contributed by atoms with Gasteiger partial charge in [-0.1, -0.05) is 13.8 Å². The minimum atomic E-state index is -2.67. The number of alkyl halides is 2. The van der Waals surface area contributed by atoms with Crippen molar-refractivity contribution < 1.29 is 18.7 Å². The number of nitrogens with one attached hydrogen (secondary N) is 3. The Morgan fingerprint density at radius 3 is 2.83 bits per heavy atom. The molecule has 6 nitrogen and oxygen atoms in total. The highest BCUT2D eigenvalue weighted by atomic mass is 19.3. The Balaban J connectivity index is 1.86. The molecule has 8 heteroatoms. The van der Waals surface area contributed by atoms with Gasteiger partial charge in [-0.25, -0.2) is 18.6 Å². The summed E-state index contributed by atoms with van der Waals surface area (Å²) in [5, 5.41) is 14.5. The van der Waals surface area contributed by atoms with Crippen LogP contribution in [0.15, 0.2) is 18.2 Å². The molecular weight excluding hydrogens is 318 g/mol. The molecule has 24 heavy (non-hydrogen) atoms. The smallest absolute Gasteiger partial charge is 0.319 e. The van der Waals surface area contributed by atoms with Crippen LogP contribution in [-0.4, -0.2) is 34.3 Å². The molecule has 4 N–H and O–H groups in total. The maximum Gasteiger partial charge on any atom is 0.319 e. The summed E-state index contributed by atoms with van der Waals surface area (Å²) >= 11 is 0. The van der Waals surface area contributed by atoms with E-state index in [-0.39, 0.29) is 18.1 Å². The van der Waals surface area contributed by atoms with Crippen LogP contribution in [0.4, 0.5) is 19.3 Å². The molecule has 1 aromatic heterocycles. The van der Waals surface area contributed by atoms with Crippen molar-refractivity contribution in [2.45, 2.75) is 33.1 Å². The van der Waals surface area contributed by atoms with Crippen LogP contribution in [0.25, 0.3) is 11.0 Å². The third kappa shape index (κ3) is 4.89. The van der Waals surface area contributed by atoms with Gasteiger partial charge in [0.25, 0.3) is 6.43 Å². The lowest BCUT2D eigenvalue weighted by Crippen LogP contribution is -2.30. The number of aromatic nitrogens is 2. The zero-order valence-electron chi connectivity index (χ0n) is 13.7. The standard InChI is InChI=1S/C16H22F2N4O2/c1-16(2,9-23)6-3-7-19-15(24)20-10-4-5-11-12(8-10)22-14(21-11)13(17)18/h4-5,8,13,23H,3,6-7,9H2,1-2H3,(H,21,22)(H2,19,20,24). The molecular formula is C16H22F2N4O2. The summed E-state index contributed by atoms with van der Waals surface area (Å²) in [6, 6.07) is 4.36. The van der Waals surface area contributed by atoms with E-state index in [1.54, 1.807) is 18.2 Å². The fourth-order valence-electron chi connectivity index (χ4n) is 2.23. The van der Waals surface area contributed by atoms with Gasteiger partial charge in [0.05, 0.1) is 11.0 Å². The number of H-pyrrole nitrogens is 1. The Morgan fingerprint density at radius 2 is 2.17 bits per heavy atom. The lowest BCUT2D eigenvalue weighted by atomic mass is 9.89. The quantitative estimate of drug-likeness (QED) is 0.582. The molecule has 0 radical (unpaired) electrons. The van der Waals surface area contributed by atoms with E-state index >= 15 is 0 Å². The molecule has 0 aliphatic heterocycles. The molecule has 2 aromatic rings. The third-order valence-electron chi connectivity index (χ3n) is 3.71. The number of nitrogens with zero attached hydrogens (tertiary/aromatic N) is 1. The summed E-state index contributed by atoms with van der Waals surface area (Å²) in [4.78, 5) is 18.1. The predicted octanol–water partition coefficient (Wildman–Crippen LogP) is 3.42. The van der Waals surface area contributed by atoms with E-state index in [0.29, 0.717) is 23.3 Å². The number of urea groups is 1. The van der Waals surface area contributed by atoms with Crippen molar-refractivity contribution in [1.29, 1.82) is 0 Å². The number of imidazole rings is 1. The molecule has 1 aromatic carbocycles. The topological polar surface area (TPSA) is 90.0 Å². The number of benzene rings is 1. The average Bonchev–Trinajstić information content (AvgIpc) is 2.95. The molecule has 0 fully saturated rings. The summed E-state index contributed by atoms with van der Waals surface area (Å²) in [6.45, 7) is 4.50. The third-order valence-corrected chi connectivity index (χ3v) is 3.71. The zero-order chi connectivity index (χ0) is 17.7. The highest BCUT2D eigenvalue weighted by molar-refractivity contribution is 5.91. The van der Waals surface area contributed by atoms with Gasteiger partial charge in [0.15, 0.2) is 5.82 Å². The van der Waals surface area contributed by atoms with E-state index in [1.165, 1.54) is 0 Å². The lowest BCUT2D eigenvalue weighted by molar-refractivity contribution is 0.142. The largest absolute Gasteiger partial charge is 0.396 e. The van der Waals surface area contributed by atoms with Gasteiger partial charge in [0, 0.05) is 18.8 Å². The van der Waals surface area contributed by atoms with E-state index in [4.69, 9.17) is 5.11 Å². The van der Waals surface area contributed by atoms with Gasteiger partial charge in [-0.2, -0.15) is 0 Å². The number of hydrogen-bond donors (Lipinski definition) is 4. The number of carbonyl (C=O) groups is 1. The normalized spacial score (nSPS) is 11.9. The van der Waals surface area contributed by atoms with E-state index in [1.807, 2.05) is 13.8 Å². The summed E-state index contributed by atoms with van der Waals surface area (Å²) in [6.07, 6.45) is -1.13. The Bertz CT molecular complexity index is 700. The Labute approximate surface area is 138 Å². The van der Waals surface area contributed by atoms with E-state index in [0.717, 1.165) is 12.8 Å². The molecule has 0 unspecified atom stereocenters. The maximum atomic E-state index is 12.6. The number of halogens is 2. The average molecular weight is 340 g/mol. The first-order chi connectivity index (χ1) is 11.3. The SMILES string of the molecule is CC(C)(CO)CCCNC(=O)Nc1ccc2nc(C(F)F)[nH]c2c1. The Kier molecular flexibility index (Phi) is 5.71. The number of aliphatic hydroxyl groups is 1. The molecule has 0 saturated heterocycles. The second kappa shape index (κ2) is 7.57. The van der Waals surface area contributed by atoms with Gasteiger partial charge in [0.1, 0.15) is 0 Å². The molecule has 2 amide bonds. The van der Waals surface area contributed by atoms with Crippen molar-refractivity contribution in [2.75, 3.05) is 18.5 Å². The molecule has 132 valence electrons. The second-order valence-corrected chi connectivity index (χ2v) is 6.46. The molecule has 0 bridgehead atoms. The second-order valence-electron chi connectivity index (χ2n) is 6.46. The van der Waals surface area contributed by atoms with Gasteiger partial charge in [-0.3, -0.25) is 0 Å². The van der Waals surface area contributed by atoms with Crippen LogP contribution in [0.2, 0.25) is 0 Å². The number of aromatic amines is 1. The molecule has 0 atom stereocenters. The first kappa shape index (κ1) is 18.1. The summed E-state index contributed by atoms with van der Waals surface area (Å²) in [5.74, 6) is -0.391. The van der Waals surface area contributed by atoms with E-state index in [9.17, 15) is 13.6 Å². The number of fused-ring (bicyclic) bond motifs is 1. The van der Waals surface area contributed by atoms with Crippen molar-refractivity contribution in [3.63, 3.8) is 0 Å². The lowest BCUT2D eigenvalue weighted by Gasteiger charge is -2.21. The molecule has 2 rings (SSSR count). The van der Waals surface area contributed by atoms with Gasteiger partial charge < -0.3 is 20.7 Å². The van der Waals surface area contributed by atoms with Gasteiger partial charge in [-0.05, 0) is 36.5 Å². The highest BCUT2D eigenvalue weighted by Crippen LogP contribution is 2.22. The van der Waals surface area contributed by atoms with Gasteiger partial charge >= 0.3 is 6.03 Å². The van der Waals surface area contributed by atoms with Crippen LogP contribution in [0, 0.1) is 5.41 Å². The summed E-state index contributed by atoms with van der Waals surface area (Å²) in [5.41, 5.74) is 1.18. The van der Waals surface area contributed by atoms with Crippen molar-refractivity contribution in [3.8, 4) is 0 Å². The fourth-order valence-corrected chi connectivity index (χ4v) is 2.23. The van der Waals surface area contributed by atoms with E-state index in [2.05, 4.69) is 20.6 Å². The van der Waals surface area contributed by atoms with Crippen molar-refractivity contribution in [1.82, 2.24) is 15.3 Å². The predicted molar refractivity (Wildman–Crippen MR) is 88.2 cm³/mol. The molecule has 0 aliphatic carbocycles. The Hall–Kier alpha value is -2.22. The number of hydrogen-bond acceptors (Lipinski definition) is 3.